The fourth-order valence-electron chi connectivity index (χ4n) is 2.87. The van der Waals surface area contributed by atoms with Crippen LogP contribution < -0.4 is 0 Å². The van der Waals surface area contributed by atoms with Gasteiger partial charge in [-0.1, -0.05) is 6.92 Å². The van der Waals surface area contributed by atoms with Gasteiger partial charge < -0.3 is 14.6 Å². The van der Waals surface area contributed by atoms with Crippen LogP contribution in [0.1, 0.15) is 47.0 Å². The van der Waals surface area contributed by atoms with E-state index < -0.39 is 11.5 Å². The van der Waals surface area contributed by atoms with Crippen molar-refractivity contribution in [3.63, 3.8) is 0 Å². The van der Waals surface area contributed by atoms with Gasteiger partial charge in [0, 0.05) is 12.8 Å². The molecule has 0 radical (unpaired) electrons. The topological polar surface area (TPSA) is 55.8 Å². The predicted octanol–water partition coefficient (Wildman–Crippen LogP) is 1.89. The largest absolute Gasteiger partial charge is 0.466 e. The first-order valence-corrected chi connectivity index (χ1v) is 6.47. The van der Waals surface area contributed by atoms with Gasteiger partial charge in [0.2, 0.25) is 0 Å². The maximum Gasteiger partial charge on any atom is 0.311 e. The highest BCUT2D eigenvalue weighted by molar-refractivity contribution is 5.73. The normalized spacial score (nSPS) is 35.4. The van der Waals surface area contributed by atoms with E-state index in [0.29, 0.717) is 25.9 Å². The molecule has 1 rings (SSSR count). The van der Waals surface area contributed by atoms with E-state index in [2.05, 4.69) is 0 Å². The third kappa shape index (κ3) is 3.42. The molecule has 17 heavy (non-hydrogen) atoms. The molecule has 1 aliphatic heterocycles. The fraction of sp³-hybridized carbons (Fsp3) is 0.923. The molecule has 0 bridgehead atoms. The van der Waals surface area contributed by atoms with Crippen LogP contribution in [0.15, 0.2) is 0 Å². The number of hydrogen-bond acceptors (Lipinski definition) is 4. The summed E-state index contributed by atoms with van der Waals surface area (Å²) in [7, 11) is 0. The zero-order valence-electron chi connectivity index (χ0n) is 11.2. The van der Waals surface area contributed by atoms with Gasteiger partial charge in [-0.2, -0.15) is 0 Å². The lowest BCUT2D eigenvalue weighted by atomic mass is 9.76. The molecule has 0 saturated carbocycles. The second-order valence-corrected chi connectivity index (χ2v) is 4.98. The van der Waals surface area contributed by atoms with Crippen LogP contribution in [0.3, 0.4) is 0 Å². The first-order chi connectivity index (χ1) is 7.92. The molecule has 3 atom stereocenters. The van der Waals surface area contributed by atoms with Crippen LogP contribution in [-0.4, -0.2) is 35.5 Å². The van der Waals surface area contributed by atoms with Gasteiger partial charge in [-0.25, -0.2) is 0 Å². The van der Waals surface area contributed by atoms with Gasteiger partial charge in [0.05, 0.1) is 30.3 Å². The van der Waals surface area contributed by atoms with Gasteiger partial charge in [0.1, 0.15) is 0 Å². The van der Waals surface area contributed by atoms with Crippen molar-refractivity contribution in [3.8, 4) is 0 Å². The van der Waals surface area contributed by atoms with Gasteiger partial charge in [-0.15, -0.1) is 0 Å². The maximum atomic E-state index is 11.9. The lowest BCUT2D eigenvalue weighted by molar-refractivity contribution is -0.180. The number of hydrogen-bond donors (Lipinski definition) is 1. The smallest absolute Gasteiger partial charge is 0.311 e. The zero-order chi connectivity index (χ0) is 13.1. The molecule has 0 aromatic heterocycles. The molecule has 4 nitrogen and oxygen atoms in total. The van der Waals surface area contributed by atoms with Crippen molar-refractivity contribution in [1.29, 1.82) is 0 Å². The minimum absolute atomic E-state index is 0.0211. The molecule has 0 aromatic rings. The van der Waals surface area contributed by atoms with Crippen molar-refractivity contribution in [3.05, 3.63) is 0 Å². The minimum atomic E-state index is -0.988. The molecular weight excluding hydrogens is 220 g/mol. The third-order valence-electron chi connectivity index (χ3n) is 3.37. The molecule has 1 heterocycles. The quantitative estimate of drug-likeness (QED) is 0.767. The summed E-state index contributed by atoms with van der Waals surface area (Å²) in [6, 6.07) is 0. The SMILES string of the molecule is CCOC(=O)C(CC)C1(O)CC(C)OC(C)C1. The summed E-state index contributed by atoms with van der Waals surface area (Å²) < 4.78 is 10.6. The highest BCUT2D eigenvalue weighted by Gasteiger charge is 2.46. The van der Waals surface area contributed by atoms with Crippen LogP contribution in [-0.2, 0) is 14.3 Å². The molecule has 1 fully saturated rings. The molecule has 0 amide bonds. The van der Waals surface area contributed by atoms with Crippen LogP contribution in [0.25, 0.3) is 0 Å². The Morgan fingerprint density at radius 2 is 1.94 bits per heavy atom. The lowest BCUT2D eigenvalue weighted by Gasteiger charge is -2.42. The Kier molecular flexibility index (Phi) is 4.95. The average Bonchev–Trinajstić information content (AvgIpc) is 2.15. The van der Waals surface area contributed by atoms with E-state index >= 15 is 0 Å². The van der Waals surface area contributed by atoms with Crippen molar-refractivity contribution >= 4 is 5.97 Å². The van der Waals surface area contributed by atoms with E-state index in [1.54, 1.807) is 6.92 Å². The summed E-state index contributed by atoms with van der Waals surface area (Å²) in [5.41, 5.74) is -0.988. The third-order valence-corrected chi connectivity index (χ3v) is 3.37. The molecule has 0 aliphatic carbocycles. The Balaban J connectivity index is 2.81. The molecule has 4 heteroatoms. The summed E-state index contributed by atoms with van der Waals surface area (Å²) in [5, 5.41) is 10.7. The van der Waals surface area contributed by atoms with Crippen molar-refractivity contribution in [1.82, 2.24) is 0 Å². The van der Waals surface area contributed by atoms with Crippen LogP contribution in [0.4, 0.5) is 0 Å². The van der Waals surface area contributed by atoms with Gasteiger partial charge >= 0.3 is 5.97 Å². The first kappa shape index (κ1) is 14.5. The summed E-state index contributed by atoms with van der Waals surface area (Å²) in [4.78, 5) is 11.9. The molecule has 0 aromatic carbocycles. The second-order valence-electron chi connectivity index (χ2n) is 4.98. The summed E-state index contributed by atoms with van der Waals surface area (Å²) in [6.07, 6.45) is 1.54. The van der Waals surface area contributed by atoms with Crippen LogP contribution >= 0.6 is 0 Å². The molecule has 1 saturated heterocycles. The molecule has 3 unspecified atom stereocenters. The van der Waals surface area contributed by atoms with E-state index in [-0.39, 0.29) is 18.2 Å². The Bertz CT molecular complexity index is 254. The number of rotatable bonds is 4. The number of carbonyl (C=O) groups is 1. The fourth-order valence-corrected chi connectivity index (χ4v) is 2.87. The van der Waals surface area contributed by atoms with Crippen molar-refractivity contribution in [2.24, 2.45) is 5.92 Å². The zero-order valence-corrected chi connectivity index (χ0v) is 11.2. The minimum Gasteiger partial charge on any atom is -0.466 e. The van der Waals surface area contributed by atoms with E-state index in [4.69, 9.17) is 9.47 Å². The molecule has 1 aliphatic rings. The van der Waals surface area contributed by atoms with Crippen molar-refractivity contribution in [2.75, 3.05) is 6.61 Å². The number of aliphatic hydroxyl groups is 1. The Morgan fingerprint density at radius 1 is 1.41 bits per heavy atom. The second kappa shape index (κ2) is 5.83. The highest BCUT2D eigenvalue weighted by Crippen LogP contribution is 2.37. The van der Waals surface area contributed by atoms with E-state index in [1.165, 1.54) is 0 Å². The van der Waals surface area contributed by atoms with Crippen LogP contribution in [0.5, 0.6) is 0 Å². The lowest BCUT2D eigenvalue weighted by Crippen LogP contribution is -2.51. The van der Waals surface area contributed by atoms with Crippen molar-refractivity contribution in [2.45, 2.75) is 64.8 Å². The van der Waals surface area contributed by atoms with Gasteiger partial charge in [-0.3, -0.25) is 4.79 Å². The summed E-state index contributed by atoms with van der Waals surface area (Å²) >= 11 is 0. The Labute approximate surface area is 103 Å². The van der Waals surface area contributed by atoms with Gasteiger partial charge in [0.25, 0.3) is 0 Å². The first-order valence-electron chi connectivity index (χ1n) is 6.47. The van der Waals surface area contributed by atoms with Gasteiger partial charge in [0.15, 0.2) is 0 Å². The molecule has 1 N–H and O–H groups in total. The predicted molar refractivity (Wildman–Crippen MR) is 64.6 cm³/mol. The number of carbonyl (C=O) groups excluding carboxylic acids is 1. The van der Waals surface area contributed by atoms with E-state index in [0.717, 1.165) is 0 Å². The Hall–Kier alpha value is -0.610. The Morgan fingerprint density at radius 3 is 2.35 bits per heavy atom. The van der Waals surface area contributed by atoms with Crippen LogP contribution in [0, 0.1) is 5.92 Å². The summed E-state index contributed by atoms with van der Waals surface area (Å²) in [5.74, 6) is -0.741. The number of esters is 1. The standard InChI is InChI=1S/C13H24O4/c1-5-11(12(14)16-6-2)13(15)7-9(3)17-10(4)8-13/h9-11,15H,5-8H2,1-4H3. The van der Waals surface area contributed by atoms with Crippen LogP contribution in [0.2, 0.25) is 0 Å². The highest BCUT2D eigenvalue weighted by atomic mass is 16.5. The average molecular weight is 244 g/mol. The van der Waals surface area contributed by atoms with Crippen molar-refractivity contribution < 1.29 is 19.4 Å². The van der Waals surface area contributed by atoms with E-state index in [1.807, 2.05) is 20.8 Å². The molecule has 0 spiro atoms. The number of ether oxygens (including phenoxy) is 2. The monoisotopic (exact) mass is 244 g/mol. The van der Waals surface area contributed by atoms with E-state index in [9.17, 15) is 9.90 Å². The maximum absolute atomic E-state index is 11.9. The van der Waals surface area contributed by atoms with Gasteiger partial charge in [-0.05, 0) is 27.2 Å². The molecular formula is C13H24O4. The molecule has 100 valence electrons. The summed E-state index contributed by atoms with van der Waals surface area (Å²) in [6.45, 7) is 7.90.